The topological polar surface area (TPSA) is 73.6 Å². The smallest absolute Gasteiger partial charge is 0.402 e. The van der Waals surface area contributed by atoms with Crippen molar-refractivity contribution < 1.29 is 14.1 Å². The third-order valence-corrected chi connectivity index (χ3v) is 4.43. The van der Waals surface area contributed by atoms with E-state index in [1.807, 2.05) is 34.6 Å². The van der Waals surface area contributed by atoms with Gasteiger partial charge < -0.3 is 20.4 Å². The van der Waals surface area contributed by atoms with Gasteiger partial charge in [-0.15, -0.1) is 0 Å². The molecule has 5 nitrogen and oxygen atoms in total. The molecule has 2 atom stereocenters. The number of amides is 1. The summed E-state index contributed by atoms with van der Waals surface area (Å²) < 4.78 is 12.0. The Morgan fingerprint density at radius 3 is 2.05 bits per heavy atom. The van der Waals surface area contributed by atoms with Crippen LogP contribution in [0.4, 0.5) is 0 Å². The van der Waals surface area contributed by atoms with Gasteiger partial charge in [0.15, 0.2) is 0 Å². The van der Waals surface area contributed by atoms with E-state index in [4.69, 9.17) is 15.0 Å². The van der Waals surface area contributed by atoms with E-state index < -0.39 is 24.4 Å². The molecule has 0 saturated carbocycles. The largest absolute Gasteiger partial charge is 0.481 e. The molecule has 3 N–H and O–H groups in total. The van der Waals surface area contributed by atoms with Gasteiger partial charge in [-0.3, -0.25) is 4.79 Å². The minimum absolute atomic E-state index is 0.134. The van der Waals surface area contributed by atoms with Crippen LogP contribution in [0.15, 0.2) is 0 Å². The quantitative estimate of drug-likeness (QED) is 0.734. The average Bonchev–Trinajstić information content (AvgIpc) is 2.54. The Hall–Kier alpha value is -0.585. The van der Waals surface area contributed by atoms with Gasteiger partial charge in [0.05, 0.1) is 23.2 Å². The Labute approximate surface area is 129 Å². The molecule has 0 bridgehead atoms. The molecule has 6 heteroatoms. The summed E-state index contributed by atoms with van der Waals surface area (Å²) in [5.41, 5.74) is 5.15. The summed E-state index contributed by atoms with van der Waals surface area (Å²) in [4.78, 5) is 12.2. The van der Waals surface area contributed by atoms with E-state index in [9.17, 15) is 4.79 Å². The molecule has 1 heterocycles. The maximum atomic E-state index is 12.2. The van der Waals surface area contributed by atoms with Gasteiger partial charge in [0, 0.05) is 0 Å². The first-order valence-corrected chi connectivity index (χ1v) is 7.91. The Morgan fingerprint density at radius 1 is 1.19 bits per heavy atom. The fraction of sp³-hybridized carbons (Fsp3) is 0.933. The maximum Gasteiger partial charge on any atom is 0.481 e. The summed E-state index contributed by atoms with van der Waals surface area (Å²) in [7, 11) is -0.435. The average molecular weight is 298 g/mol. The predicted molar refractivity (Wildman–Crippen MR) is 85.7 cm³/mol. The van der Waals surface area contributed by atoms with Crippen molar-refractivity contribution in [3.8, 4) is 0 Å². The summed E-state index contributed by atoms with van der Waals surface area (Å²) in [5, 5.41) is 2.98. The van der Waals surface area contributed by atoms with E-state index in [1.165, 1.54) is 0 Å². The molecule has 1 fully saturated rings. The Morgan fingerprint density at radius 2 is 1.67 bits per heavy atom. The molecule has 1 amide bonds. The monoisotopic (exact) mass is 298 g/mol. The molecular formula is C15H31BN2O3. The molecule has 0 radical (unpaired) electrons. The fourth-order valence-electron chi connectivity index (χ4n) is 2.32. The third kappa shape index (κ3) is 4.44. The van der Waals surface area contributed by atoms with E-state index in [1.54, 1.807) is 0 Å². The molecular weight excluding hydrogens is 267 g/mol. The molecule has 1 rings (SSSR count). The minimum Gasteiger partial charge on any atom is -0.402 e. The summed E-state index contributed by atoms with van der Waals surface area (Å²) in [6.07, 6.45) is 1.41. The van der Waals surface area contributed by atoms with Crippen molar-refractivity contribution >= 4 is 13.0 Å². The molecule has 1 saturated heterocycles. The number of nitrogens with two attached hydrogens (primary N) is 1. The van der Waals surface area contributed by atoms with Crippen molar-refractivity contribution in [1.29, 1.82) is 0 Å². The van der Waals surface area contributed by atoms with Crippen LogP contribution in [0.5, 0.6) is 0 Å². The fourth-order valence-corrected chi connectivity index (χ4v) is 2.32. The van der Waals surface area contributed by atoms with E-state index >= 15 is 0 Å². The number of carbonyl (C=O) groups excluding carboxylic acids is 1. The lowest BCUT2D eigenvalue weighted by Gasteiger charge is -2.32. The second-order valence-electron chi connectivity index (χ2n) is 7.38. The lowest BCUT2D eigenvalue weighted by Crippen LogP contribution is -2.52. The maximum absolute atomic E-state index is 12.2. The lowest BCUT2D eigenvalue weighted by atomic mass is 9.76. The van der Waals surface area contributed by atoms with E-state index in [0.717, 1.165) is 6.42 Å². The van der Waals surface area contributed by atoms with Gasteiger partial charge >= 0.3 is 7.12 Å². The highest BCUT2D eigenvalue weighted by atomic mass is 16.7. The standard InChI is InChI=1S/C15H31BN2O3/c1-8-12(18-13(19)11(17)9-10(2)3)16-20-14(4,5)15(6,7)21-16/h10-12H,8-9,17H2,1-7H3,(H,18,19)/t11-,12?/m0/s1. The highest BCUT2D eigenvalue weighted by molar-refractivity contribution is 6.48. The number of nitrogens with one attached hydrogen (secondary N) is 1. The summed E-state index contributed by atoms with van der Waals surface area (Å²) in [6.45, 7) is 14.1. The van der Waals surface area contributed by atoms with Gasteiger partial charge in [0.2, 0.25) is 5.91 Å². The Kier molecular flexibility index (Phi) is 5.87. The molecule has 1 aliphatic heterocycles. The van der Waals surface area contributed by atoms with Crippen LogP contribution in [0.2, 0.25) is 0 Å². The number of hydrogen-bond donors (Lipinski definition) is 2. The zero-order valence-electron chi connectivity index (χ0n) is 14.5. The van der Waals surface area contributed by atoms with E-state index in [-0.39, 0.29) is 11.8 Å². The van der Waals surface area contributed by atoms with Crippen LogP contribution in [0, 0.1) is 5.92 Å². The SMILES string of the molecule is CCC(NC(=O)[C@@H](N)CC(C)C)B1OC(C)(C)C(C)(C)O1. The molecule has 21 heavy (non-hydrogen) atoms. The van der Waals surface area contributed by atoms with Gasteiger partial charge in [0.1, 0.15) is 0 Å². The normalized spacial score (nSPS) is 23.2. The summed E-state index contributed by atoms with van der Waals surface area (Å²) >= 11 is 0. The Balaban J connectivity index is 2.67. The van der Waals surface area contributed by atoms with Crippen molar-refractivity contribution in [3.05, 3.63) is 0 Å². The summed E-state index contributed by atoms with van der Waals surface area (Å²) in [5.74, 6) is 0.0738. The first kappa shape index (κ1) is 18.5. The highest BCUT2D eigenvalue weighted by Crippen LogP contribution is 2.37. The molecule has 0 spiro atoms. The molecule has 1 unspecified atom stereocenters. The summed E-state index contributed by atoms with van der Waals surface area (Å²) in [6, 6.07) is -0.485. The second-order valence-corrected chi connectivity index (χ2v) is 7.38. The van der Waals surface area contributed by atoms with E-state index in [2.05, 4.69) is 19.2 Å². The second kappa shape index (κ2) is 6.67. The highest BCUT2D eigenvalue weighted by Gasteiger charge is 2.53. The van der Waals surface area contributed by atoms with Crippen molar-refractivity contribution in [1.82, 2.24) is 5.32 Å². The van der Waals surface area contributed by atoms with Gasteiger partial charge in [-0.1, -0.05) is 20.8 Å². The van der Waals surface area contributed by atoms with Crippen LogP contribution in [0.1, 0.15) is 61.3 Å². The number of rotatable bonds is 6. The van der Waals surface area contributed by atoms with Crippen LogP contribution in [0.25, 0.3) is 0 Å². The van der Waals surface area contributed by atoms with Crippen LogP contribution in [0.3, 0.4) is 0 Å². The van der Waals surface area contributed by atoms with Crippen LogP contribution >= 0.6 is 0 Å². The van der Waals surface area contributed by atoms with Gasteiger partial charge in [-0.2, -0.15) is 0 Å². The van der Waals surface area contributed by atoms with Crippen LogP contribution in [-0.4, -0.2) is 36.2 Å². The molecule has 1 aliphatic rings. The number of carbonyl (C=O) groups is 1. The van der Waals surface area contributed by atoms with Crippen LogP contribution in [-0.2, 0) is 14.1 Å². The van der Waals surface area contributed by atoms with Gasteiger partial charge in [-0.25, -0.2) is 0 Å². The molecule has 122 valence electrons. The van der Waals surface area contributed by atoms with E-state index in [0.29, 0.717) is 12.3 Å². The molecule has 0 aromatic carbocycles. The molecule has 0 aromatic rings. The Bertz CT molecular complexity index is 356. The molecule has 0 aliphatic carbocycles. The van der Waals surface area contributed by atoms with Gasteiger partial charge in [-0.05, 0) is 46.5 Å². The molecule has 0 aromatic heterocycles. The van der Waals surface area contributed by atoms with Gasteiger partial charge in [0.25, 0.3) is 0 Å². The zero-order chi connectivity index (χ0) is 16.4. The van der Waals surface area contributed by atoms with Crippen molar-refractivity contribution in [2.24, 2.45) is 11.7 Å². The number of hydrogen-bond acceptors (Lipinski definition) is 4. The van der Waals surface area contributed by atoms with Crippen molar-refractivity contribution in [3.63, 3.8) is 0 Å². The van der Waals surface area contributed by atoms with Crippen LogP contribution < -0.4 is 11.1 Å². The zero-order valence-corrected chi connectivity index (χ0v) is 14.5. The first-order valence-electron chi connectivity index (χ1n) is 7.91. The van der Waals surface area contributed by atoms with Crippen molar-refractivity contribution in [2.45, 2.75) is 84.5 Å². The minimum atomic E-state index is -0.485. The lowest BCUT2D eigenvalue weighted by molar-refractivity contribution is -0.123. The first-order chi connectivity index (χ1) is 9.50. The van der Waals surface area contributed by atoms with Crippen molar-refractivity contribution in [2.75, 3.05) is 0 Å². The third-order valence-electron chi connectivity index (χ3n) is 4.43. The predicted octanol–water partition coefficient (Wildman–Crippen LogP) is 1.89.